The zero-order chi connectivity index (χ0) is 17.5. The molecular formula is C13H18N4O6S. The molecule has 132 valence electrons. The van der Waals surface area contributed by atoms with Gasteiger partial charge in [0.2, 0.25) is 10.0 Å². The van der Waals surface area contributed by atoms with Crippen molar-refractivity contribution in [1.29, 1.82) is 0 Å². The van der Waals surface area contributed by atoms with Gasteiger partial charge in [-0.1, -0.05) is 0 Å². The maximum atomic E-state index is 12.3. The van der Waals surface area contributed by atoms with Gasteiger partial charge in [-0.15, -0.1) is 0 Å². The number of nitrogens with zero attached hydrogens (tertiary/aromatic N) is 3. The van der Waals surface area contributed by atoms with Crippen LogP contribution in [0.5, 0.6) is 0 Å². The molecule has 1 spiro atoms. The van der Waals surface area contributed by atoms with E-state index >= 15 is 0 Å². The summed E-state index contributed by atoms with van der Waals surface area (Å²) in [7, 11) is -3.30. The third-order valence-corrected chi connectivity index (χ3v) is 5.75. The molecule has 10 nitrogen and oxygen atoms in total. The topological polar surface area (TPSA) is 131 Å². The zero-order valence-corrected chi connectivity index (χ0v) is 13.9. The zero-order valence-electron chi connectivity index (χ0n) is 13.1. The lowest BCUT2D eigenvalue weighted by molar-refractivity contribution is -0.109. The van der Waals surface area contributed by atoms with Crippen LogP contribution in [0.3, 0.4) is 0 Å². The molecular weight excluding hydrogens is 340 g/mol. The Morgan fingerprint density at radius 2 is 2.04 bits per heavy atom. The largest absolute Gasteiger partial charge is 0.365 e. The van der Waals surface area contributed by atoms with Crippen LogP contribution in [0.4, 0.5) is 0 Å². The molecule has 2 aliphatic heterocycles. The van der Waals surface area contributed by atoms with Crippen molar-refractivity contribution in [2.45, 2.75) is 25.0 Å². The van der Waals surface area contributed by atoms with Gasteiger partial charge < -0.3 is 4.74 Å². The maximum absolute atomic E-state index is 12.3. The molecule has 1 aromatic rings. The minimum absolute atomic E-state index is 0.204. The Balaban J connectivity index is 2.01. The number of carbonyl (C=O) groups is 1. The van der Waals surface area contributed by atoms with E-state index in [0.29, 0.717) is 31.8 Å². The van der Waals surface area contributed by atoms with Gasteiger partial charge >= 0.3 is 0 Å². The van der Waals surface area contributed by atoms with E-state index in [1.807, 2.05) is 0 Å². The third-order valence-electron chi connectivity index (χ3n) is 4.44. The first-order chi connectivity index (χ1) is 11.3. The van der Waals surface area contributed by atoms with Crippen molar-refractivity contribution in [3.05, 3.63) is 27.9 Å². The van der Waals surface area contributed by atoms with Gasteiger partial charge in [0.15, 0.2) is 0 Å². The van der Waals surface area contributed by atoms with Crippen molar-refractivity contribution in [1.82, 2.24) is 19.3 Å². The molecule has 3 rings (SSSR count). The molecule has 0 radical (unpaired) electrons. The number of nitrogens with one attached hydrogen (secondary N) is 1. The van der Waals surface area contributed by atoms with Gasteiger partial charge in [-0.05, 0) is 12.8 Å². The first-order valence-corrected chi connectivity index (χ1v) is 9.27. The first kappa shape index (κ1) is 17.0. The number of piperidine rings is 1. The minimum Gasteiger partial charge on any atom is -0.365 e. The summed E-state index contributed by atoms with van der Waals surface area (Å²) < 4.78 is 32.0. The molecule has 1 amide bonds. The Labute approximate surface area is 138 Å². The quantitative estimate of drug-likeness (QED) is 0.493. The number of hydrogen-bond acceptors (Lipinski definition) is 7. The van der Waals surface area contributed by atoms with Crippen molar-refractivity contribution >= 4 is 15.9 Å². The molecule has 0 aliphatic carbocycles. The maximum Gasteiger partial charge on any atom is 0.293 e. The number of rotatable bonds is 2. The smallest absolute Gasteiger partial charge is 0.293 e. The number of ether oxygens (including phenoxy) is 1. The Kier molecular flexibility index (Phi) is 4.20. The van der Waals surface area contributed by atoms with E-state index in [1.165, 1.54) is 14.4 Å². The number of hydroxylamine groups is 1. The van der Waals surface area contributed by atoms with E-state index < -0.39 is 27.1 Å². The molecule has 2 aliphatic rings. The van der Waals surface area contributed by atoms with Gasteiger partial charge in [-0.25, -0.2) is 23.2 Å². The van der Waals surface area contributed by atoms with Crippen LogP contribution in [-0.2, 0) is 26.9 Å². The molecule has 0 aromatic carbocycles. The van der Waals surface area contributed by atoms with Crippen LogP contribution in [0.25, 0.3) is 0 Å². The molecule has 0 atom stereocenters. The second-order valence-corrected chi connectivity index (χ2v) is 7.88. The molecule has 24 heavy (non-hydrogen) atoms. The monoisotopic (exact) mass is 358 g/mol. The van der Waals surface area contributed by atoms with E-state index in [1.54, 1.807) is 0 Å². The number of fused-ring (bicyclic) bond motifs is 2. The summed E-state index contributed by atoms with van der Waals surface area (Å²) in [6.07, 6.45) is 1.81. The Hall–Kier alpha value is -1.82. The number of amides is 1. The first-order valence-electron chi connectivity index (χ1n) is 7.43. The fourth-order valence-electron chi connectivity index (χ4n) is 3.19. The molecule has 0 bridgehead atoms. The Morgan fingerprint density at radius 3 is 2.62 bits per heavy atom. The van der Waals surface area contributed by atoms with Crippen LogP contribution in [0.2, 0.25) is 0 Å². The minimum atomic E-state index is -3.30. The van der Waals surface area contributed by atoms with Crippen molar-refractivity contribution in [3.63, 3.8) is 0 Å². The van der Waals surface area contributed by atoms with Crippen LogP contribution in [-0.4, -0.2) is 59.3 Å². The fourth-order valence-corrected chi connectivity index (χ4v) is 4.03. The highest BCUT2D eigenvalue weighted by Gasteiger charge is 2.44. The third kappa shape index (κ3) is 2.83. The molecule has 2 N–H and O–H groups in total. The Morgan fingerprint density at radius 1 is 1.38 bits per heavy atom. The number of carbonyl (C=O) groups excluding carboxylic acids is 1. The van der Waals surface area contributed by atoms with Crippen LogP contribution in [0.1, 0.15) is 29.2 Å². The van der Waals surface area contributed by atoms with Gasteiger partial charge in [-0.3, -0.25) is 19.4 Å². The van der Waals surface area contributed by atoms with Gasteiger partial charge in [0.05, 0.1) is 19.4 Å². The van der Waals surface area contributed by atoms with Crippen LogP contribution in [0, 0.1) is 0 Å². The van der Waals surface area contributed by atoms with Crippen molar-refractivity contribution in [2.24, 2.45) is 0 Å². The van der Waals surface area contributed by atoms with E-state index in [2.05, 4.69) is 4.98 Å². The van der Waals surface area contributed by atoms with Crippen molar-refractivity contribution < 1.29 is 23.2 Å². The molecule has 0 unspecified atom stereocenters. The number of sulfonamides is 1. The van der Waals surface area contributed by atoms with Crippen molar-refractivity contribution in [2.75, 3.05) is 26.0 Å². The average Bonchev–Trinajstić information content (AvgIpc) is 2.54. The van der Waals surface area contributed by atoms with Gasteiger partial charge in [-0.2, -0.15) is 0 Å². The van der Waals surface area contributed by atoms with Gasteiger partial charge in [0.25, 0.3) is 11.5 Å². The standard InChI is InChI=1S/C13H18N4O6S/c1-24(21,22)16-4-2-13(3-5-16)12-14-9(11(19)15-20)8-10(18)17(12)6-7-23-13/h8,20H,2-7H2,1H3,(H,15,19). The molecule has 1 aromatic heterocycles. The second-order valence-electron chi connectivity index (χ2n) is 5.90. The van der Waals surface area contributed by atoms with Crippen LogP contribution < -0.4 is 11.0 Å². The summed E-state index contributed by atoms with van der Waals surface area (Å²) in [6.45, 7) is 1.09. The SMILES string of the molecule is CS(=O)(=O)N1CCC2(CC1)OCCn1c2nc(C(=O)NO)cc1=O. The van der Waals surface area contributed by atoms with E-state index in [9.17, 15) is 18.0 Å². The highest BCUT2D eigenvalue weighted by molar-refractivity contribution is 7.88. The van der Waals surface area contributed by atoms with Gasteiger partial charge in [0, 0.05) is 19.2 Å². The average molecular weight is 358 g/mol. The Bertz CT molecular complexity index is 825. The summed E-state index contributed by atoms with van der Waals surface area (Å²) in [5.41, 5.74) is -0.0715. The van der Waals surface area contributed by atoms with E-state index in [0.717, 1.165) is 12.3 Å². The lowest BCUT2D eigenvalue weighted by Crippen LogP contribution is -2.52. The molecule has 0 saturated carbocycles. The second kappa shape index (κ2) is 5.92. The summed E-state index contributed by atoms with van der Waals surface area (Å²) in [5.74, 6) is -0.585. The molecule has 1 fully saturated rings. The summed E-state index contributed by atoms with van der Waals surface area (Å²) in [4.78, 5) is 28.1. The van der Waals surface area contributed by atoms with E-state index in [4.69, 9.17) is 9.94 Å². The number of hydrogen-bond donors (Lipinski definition) is 2. The van der Waals surface area contributed by atoms with Gasteiger partial charge in [0.1, 0.15) is 17.1 Å². The predicted octanol–water partition coefficient (Wildman–Crippen LogP) is -1.36. The molecule has 3 heterocycles. The highest BCUT2D eigenvalue weighted by Crippen LogP contribution is 2.38. The molecule has 1 saturated heterocycles. The number of aromatic nitrogens is 2. The lowest BCUT2D eigenvalue weighted by atomic mass is 9.89. The van der Waals surface area contributed by atoms with Crippen LogP contribution >= 0.6 is 0 Å². The van der Waals surface area contributed by atoms with Crippen molar-refractivity contribution in [3.8, 4) is 0 Å². The lowest BCUT2D eigenvalue weighted by Gasteiger charge is -2.43. The van der Waals surface area contributed by atoms with Crippen LogP contribution in [0.15, 0.2) is 10.9 Å². The van der Waals surface area contributed by atoms with E-state index in [-0.39, 0.29) is 18.8 Å². The predicted molar refractivity (Wildman–Crippen MR) is 81.0 cm³/mol. The highest BCUT2D eigenvalue weighted by atomic mass is 32.2. The summed E-state index contributed by atoms with van der Waals surface area (Å²) in [5, 5.41) is 8.76. The summed E-state index contributed by atoms with van der Waals surface area (Å²) in [6, 6.07) is 1.06. The fraction of sp³-hybridized carbons (Fsp3) is 0.615. The normalized spacial score (nSPS) is 20.6. The summed E-state index contributed by atoms with van der Waals surface area (Å²) >= 11 is 0. The molecule has 11 heteroatoms.